The molecule has 3 atom stereocenters. The second-order valence-corrected chi connectivity index (χ2v) is 4.20. The number of hydrogen-bond acceptors (Lipinski definition) is 6. The Bertz CT molecular complexity index is 449. The molecule has 0 bridgehead atoms. The lowest BCUT2D eigenvalue weighted by Gasteiger charge is -2.35. The molecule has 0 saturated heterocycles. The van der Waals surface area contributed by atoms with Gasteiger partial charge in [0.25, 0.3) is 5.91 Å². The maximum Gasteiger partial charge on any atom is 0.370 e. The van der Waals surface area contributed by atoms with E-state index in [9.17, 15) is 14.4 Å². The smallest absolute Gasteiger partial charge is 0.370 e. The molecule has 0 aromatic carbocycles. The van der Waals surface area contributed by atoms with Gasteiger partial charge in [-0.25, -0.2) is 9.86 Å². The Balaban J connectivity index is 3.07. The molecule has 1 aliphatic rings. The molecule has 2 amide bonds. The van der Waals surface area contributed by atoms with E-state index in [1.807, 2.05) is 0 Å². The minimum Gasteiger partial charge on any atom is -0.475 e. The third-order valence-electron chi connectivity index (χ3n) is 2.75. The molecule has 0 radical (unpaired) electrons. The maximum atomic E-state index is 12.1. The van der Waals surface area contributed by atoms with Gasteiger partial charge >= 0.3 is 5.97 Å². The van der Waals surface area contributed by atoms with Gasteiger partial charge in [0.2, 0.25) is 17.8 Å². The highest BCUT2D eigenvalue weighted by Gasteiger charge is 2.41. The number of nitrogens with one attached hydrogen (secondary N) is 1. The number of ether oxygens (including phenoxy) is 1. The number of hydrogen-bond donors (Lipinski definition) is 3. The van der Waals surface area contributed by atoms with Crippen LogP contribution in [0.1, 0.15) is 6.92 Å². The molecule has 0 aliphatic carbocycles. The fourth-order valence-electron chi connectivity index (χ4n) is 1.73. The predicted molar refractivity (Wildman–Crippen MR) is 66.0 cm³/mol. The number of aliphatic carboxylic acids is 1. The van der Waals surface area contributed by atoms with Crippen LogP contribution in [0.4, 0.5) is 0 Å². The van der Waals surface area contributed by atoms with Crippen LogP contribution in [0.2, 0.25) is 0 Å². The molecule has 1 aliphatic heterocycles. The van der Waals surface area contributed by atoms with Crippen molar-refractivity contribution in [3.63, 3.8) is 0 Å². The number of amides is 2. The standard InChI is InChI=1S/C11H17N3O6/c1-5(15)13-8-6(12)4-7(11(17)18)20-9(8)10(16)14(2)19-3/h4,6,8-9H,12H2,1-3H3,(H,13,15)(H,17,18)/t6-,8+,9+/m0/s1. The molecule has 9 nitrogen and oxygen atoms in total. The zero-order chi connectivity index (χ0) is 15.4. The van der Waals surface area contributed by atoms with Gasteiger partial charge in [-0.15, -0.1) is 0 Å². The van der Waals surface area contributed by atoms with E-state index in [1.54, 1.807) is 0 Å². The average Bonchev–Trinajstić information content (AvgIpc) is 2.38. The highest BCUT2D eigenvalue weighted by molar-refractivity contribution is 5.88. The zero-order valence-corrected chi connectivity index (χ0v) is 11.3. The van der Waals surface area contributed by atoms with Gasteiger partial charge in [0.05, 0.1) is 19.2 Å². The van der Waals surface area contributed by atoms with Crippen molar-refractivity contribution < 1.29 is 29.1 Å². The third kappa shape index (κ3) is 3.45. The summed E-state index contributed by atoms with van der Waals surface area (Å²) in [5.74, 6) is -2.87. The minimum absolute atomic E-state index is 0.418. The molecular formula is C11H17N3O6. The Hall–Kier alpha value is -2.13. The molecule has 112 valence electrons. The molecular weight excluding hydrogens is 270 g/mol. The first-order chi connectivity index (χ1) is 9.27. The van der Waals surface area contributed by atoms with Crippen molar-refractivity contribution in [1.82, 2.24) is 10.4 Å². The SMILES string of the molecule is CON(C)C(=O)[C@@H]1OC(C(=O)O)=C[C@H](N)[C@H]1NC(C)=O. The van der Waals surface area contributed by atoms with Crippen LogP contribution in [0.5, 0.6) is 0 Å². The fourth-order valence-corrected chi connectivity index (χ4v) is 1.73. The molecule has 0 aromatic heterocycles. The molecule has 20 heavy (non-hydrogen) atoms. The summed E-state index contributed by atoms with van der Waals surface area (Å²) in [5, 5.41) is 12.3. The van der Waals surface area contributed by atoms with Crippen molar-refractivity contribution in [2.24, 2.45) is 5.73 Å². The lowest BCUT2D eigenvalue weighted by molar-refractivity contribution is -0.182. The van der Waals surface area contributed by atoms with E-state index in [0.29, 0.717) is 0 Å². The fraction of sp³-hybridized carbons (Fsp3) is 0.545. The van der Waals surface area contributed by atoms with E-state index in [0.717, 1.165) is 11.1 Å². The molecule has 0 saturated carbocycles. The number of hydroxylamine groups is 2. The Morgan fingerprint density at radius 3 is 2.55 bits per heavy atom. The summed E-state index contributed by atoms with van der Waals surface area (Å²) in [4.78, 5) is 38.9. The first-order valence-corrected chi connectivity index (χ1v) is 5.74. The van der Waals surface area contributed by atoms with E-state index in [4.69, 9.17) is 20.4 Å². The second kappa shape index (κ2) is 6.35. The van der Waals surface area contributed by atoms with Crippen molar-refractivity contribution in [2.75, 3.05) is 14.2 Å². The second-order valence-electron chi connectivity index (χ2n) is 4.20. The molecule has 0 fully saturated rings. The van der Waals surface area contributed by atoms with Gasteiger partial charge in [-0.1, -0.05) is 0 Å². The summed E-state index contributed by atoms with van der Waals surface area (Å²) >= 11 is 0. The van der Waals surface area contributed by atoms with Crippen molar-refractivity contribution in [3.8, 4) is 0 Å². The molecule has 0 spiro atoms. The number of carboxylic acid groups (broad SMARTS) is 1. The average molecular weight is 287 g/mol. The predicted octanol–water partition coefficient (Wildman–Crippen LogP) is -1.79. The number of nitrogens with zero attached hydrogens (tertiary/aromatic N) is 1. The monoisotopic (exact) mass is 287 g/mol. The molecule has 9 heteroatoms. The molecule has 0 aromatic rings. The summed E-state index contributed by atoms with van der Waals surface area (Å²) in [6, 6.07) is -1.77. The van der Waals surface area contributed by atoms with Crippen LogP contribution in [0.3, 0.4) is 0 Å². The lowest BCUT2D eigenvalue weighted by atomic mass is 9.98. The Morgan fingerprint density at radius 2 is 2.10 bits per heavy atom. The van der Waals surface area contributed by atoms with Crippen LogP contribution in [-0.2, 0) is 24.0 Å². The molecule has 4 N–H and O–H groups in total. The summed E-state index contributed by atoms with van der Waals surface area (Å²) in [6.45, 7) is 1.25. The van der Waals surface area contributed by atoms with Gasteiger partial charge in [0, 0.05) is 14.0 Å². The normalized spacial score (nSPS) is 25.2. The Labute approximate surface area is 115 Å². The zero-order valence-electron chi connectivity index (χ0n) is 11.3. The minimum atomic E-state index is -1.35. The third-order valence-corrected chi connectivity index (χ3v) is 2.75. The topological polar surface area (TPSA) is 131 Å². The molecule has 1 heterocycles. The van der Waals surface area contributed by atoms with Gasteiger partial charge < -0.3 is 20.9 Å². The molecule has 1 rings (SSSR count). The van der Waals surface area contributed by atoms with Gasteiger partial charge in [-0.2, -0.15) is 0 Å². The van der Waals surface area contributed by atoms with Crippen LogP contribution in [0.15, 0.2) is 11.8 Å². The number of rotatable bonds is 4. The van der Waals surface area contributed by atoms with Gasteiger partial charge in [-0.05, 0) is 6.08 Å². The summed E-state index contributed by atoms with van der Waals surface area (Å²) in [6.07, 6.45) is -0.144. The van der Waals surface area contributed by atoms with Gasteiger partial charge in [0.1, 0.15) is 0 Å². The molecule has 0 unspecified atom stereocenters. The maximum absolute atomic E-state index is 12.1. The highest BCUT2D eigenvalue weighted by atomic mass is 16.7. The lowest BCUT2D eigenvalue weighted by Crippen LogP contribution is -2.60. The number of carboxylic acids is 1. The van der Waals surface area contributed by atoms with Crippen LogP contribution in [-0.4, -0.2) is 60.3 Å². The highest BCUT2D eigenvalue weighted by Crippen LogP contribution is 2.19. The number of carbonyl (C=O) groups excluding carboxylic acids is 2. The largest absolute Gasteiger partial charge is 0.475 e. The first kappa shape index (κ1) is 15.9. The van der Waals surface area contributed by atoms with Crippen molar-refractivity contribution in [3.05, 3.63) is 11.8 Å². The van der Waals surface area contributed by atoms with Crippen LogP contribution >= 0.6 is 0 Å². The Morgan fingerprint density at radius 1 is 1.50 bits per heavy atom. The van der Waals surface area contributed by atoms with E-state index in [1.165, 1.54) is 21.1 Å². The van der Waals surface area contributed by atoms with E-state index < -0.39 is 41.7 Å². The van der Waals surface area contributed by atoms with Gasteiger partial charge in [0.15, 0.2) is 0 Å². The van der Waals surface area contributed by atoms with Crippen LogP contribution < -0.4 is 11.1 Å². The summed E-state index contributed by atoms with van der Waals surface area (Å²) < 4.78 is 5.11. The number of likely N-dealkylation sites (N-methyl/N-ethyl adjacent to an activating group) is 1. The van der Waals surface area contributed by atoms with E-state index >= 15 is 0 Å². The summed E-state index contributed by atoms with van der Waals surface area (Å²) in [7, 11) is 2.60. The Kier molecular flexibility index (Phi) is 5.06. The van der Waals surface area contributed by atoms with E-state index in [-0.39, 0.29) is 0 Å². The van der Waals surface area contributed by atoms with Crippen LogP contribution in [0.25, 0.3) is 0 Å². The number of carbonyl (C=O) groups is 3. The van der Waals surface area contributed by atoms with Crippen molar-refractivity contribution in [2.45, 2.75) is 25.1 Å². The summed E-state index contributed by atoms with van der Waals surface area (Å²) in [5.41, 5.74) is 5.78. The van der Waals surface area contributed by atoms with Gasteiger partial charge in [-0.3, -0.25) is 14.4 Å². The van der Waals surface area contributed by atoms with E-state index in [2.05, 4.69) is 5.32 Å². The number of nitrogens with two attached hydrogens (primary N) is 1. The van der Waals surface area contributed by atoms with Crippen molar-refractivity contribution in [1.29, 1.82) is 0 Å². The quantitative estimate of drug-likeness (QED) is 0.520. The first-order valence-electron chi connectivity index (χ1n) is 5.74. The van der Waals surface area contributed by atoms with Crippen molar-refractivity contribution >= 4 is 17.8 Å². The van der Waals surface area contributed by atoms with Crippen LogP contribution in [0, 0.1) is 0 Å².